The number of likely N-dealkylation sites (tertiary alicyclic amines) is 1. The topological polar surface area (TPSA) is 45.9 Å². The summed E-state index contributed by atoms with van der Waals surface area (Å²) in [5.41, 5.74) is 0.140. The minimum Gasteiger partial charge on any atom is -0.468 e. The Bertz CT molecular complexity index is 486. The van der Waals surface area contributed by atoms with E-state index in [1.165, 1.54) is 0 Å². The smallest absolute Gasteiger partial charge is 0.251 e. The summed E-state index contributed by atoms with van der Waals surface area (Å²) < 4.78 is 11.3. The van der Waals surface area contributed by atoms with Crippen molar-refractivity contribution in [2.24, 2.45) is 5.41 Å². The van der Waals surface area contributed by atoms with Crippen LogP contribution in [0.15, 0.2) is 22.8 Å². The van der Waals surface area contributed by atoms with Gasteiger partial charge in [0.25, 0.3) is 5.91 Å². The van der Waals surface area contributed by atoms with Gasteiger partial charge >= 0.3 is 0 Å². The molecule has 21 heavy (non-hydrogen) atoms. The van der Waals surface area contributed by atoms with Gasteiger partial charge in [-0.2, -0.15) is 0 Å². The number of rotatable bonds is 3. The average Bonchev–Trinajstić information content (AvgIpc) is 3.09. The summed E-state index contributed by atoms with van der Waals surface area (Å²) in [7, 11) is 3.58. The van der Waals surface area contributed by atoms with Crippen LogP contribution < -0.4 is 0 Å². The van der Waals surface area contributed by atoms with Crippen molar-refractivity contribution in [2.45, 2.75) is 31.9 Å². The van der Waals surface area contributed by atoms with E-state index in [0.717, 1.165) is 44.7 Å². The normalized spacial score (nSPS) is 29.9. The summed E-state index contributed by atoms with van der Waals surface area (Å²) in [4.78, 5) is 16.1. The number of amides is 1. The van der Waals surface area contributed by atoms with Gasteiger partial charge in [0.1, 0.15) is 11.9 Å². The lowest BCUT2D eigenvalue weighted by molar-refractivity contribution is -0.138. The molecule has 0 saturated carbocycles. The molecule has 2 aliphatic heterocycles. The number of piperidine rings is 1. The molecule has 0 radical (unpaired) electrons. The second-order valence-electron chi connectivity index (χ2n) is 6.63. The monoisotopic (exact) mass is 292 g/mol. The molecular formula is C16H24N2O3. The third-order valence-corrected chi connectivity index (χ3v) is 4.63. The minimum absolute atomic E-state index is 0.0926. The lowest BCUT2D eigenvalue weighted by Crippen LogP contribution is -2.43. The molecule has 3 heterocycles. The third-order valence-electron chi connectivity index (χ3n) is 4.63. The summed E-state index contributed by atoms with van der Waals surface area (Å²) in [6.07, 6.45) is 4.62. The van der Waals surface area contributed by atoms with Crippen molar-refractivity contribution in [3.05, 3.63) is 24.2 Å². The van der Waals surface area contributed by atoms with Gasteiger partial charge in [0.05, 0.1) is 19.4 Å². The van der Waals surface area contributed by atoms with Gasteiger partial charge < -0.3 is 14.1 Å². The lowest BCUT2D eigenvalue weighted by atomic mass is 9.78. The molecule has 2 aliphatic rings. The van der Waals surface area contributed by atoms with E-state index >= 15 is 0 Å². The summed E-state index contributed by atoms with van der Waals surface area (Å²) in [6, 6.07) is 3.95. The summed E-state index contributed by atoms with van der Waals surface area (Å²) >= 11 is 0. The SMILES string of the molecule is CN(C)C(=O)[C@H]1C[C@@]2(CCCN(Cc3ccco3)C2)CO1. The highest BCUT2D eigenvalue weighted by Gasteiger charge is 2.45. The van der Waals surface area contributed by atoms with E-state index in [0.29, 0.717) is 6.61 Å². The predicted octanol–water partition coefficient (Wildman–Crippen LogP) is 1.74. The zero-order chi connectivity index (χ0) is 14.9. The summed E-state index contributed by atoms with van der Waals surface area (Å²) in [6.45, 7) is 3.63. The fourth-order valence-corrected chi connectivity index (χ4v) is 3.59. The van der Waals surface area contributed by atoms with Crippen LogP contribution in [0.4, 0.5) is 0 Å². The molecule has 3 rings (SSSR count). The van der Waals surface area contributed by atoms with E-state index < -0.39 is 0 Å². The van der Waals surface area contributed by atoms with Gasteiger partial charge in [-0.3, -0.25) is 9.69 Å². The van der Waals surface area contributed by atoms with Crippen LogP contribution in [-0.2, 0) is 16.1 Å². The molecule has 1 amide bonds. The highest BCUT2D eigenvalue weighted by molar-refractivity contribution is 5.80. The van der Waals surface area contributed by atoms with Crippen LogP contribution >= 0.6 is 0 Å². The molecule has 1 spiro atoms. The molecule has 0 unspecified atom stereocenters. The van der Waals surface area contributed by atoms with Crippen LogP contribution in [0.2, 0.25) is 0 Å². The molecule has 0 bridgehead atoms. The molecule has 0 aromatic carbocycles. The Hall–Kier alpha value is -1.33. The van der Waals surface area contributed by atoms with Crippen molar-refractivity contribution in [1.82, 2.24) is 9.80 Å². The average molecular weight is 292 g/mol. The van der Waals surface area contributed by atoms with Crippen LogP contribution in [0.25, 0.3) is 0 Å². The predicted molar refractivity (Wildman–Crippen MR) is 78.7 cm³/mol. The van der Waals surface area contributed by atoms with Crippen molar-refractivity contribution in [3.63, 3.8) is 0 Å². The molecule has 1 aromatic heterocycles. The number of ether oxygens (including phenoxy) is 1. The standard InChI is InChI=1S/C16H24N2O3/c1-17(2)15(19)14-9-16(12-21-14)6-4-7-18(11-16)10-13-5-3-8-20-13/h3,5,8,14H,4,6-7,9-12H2,1-2H3/t14-,16-/m1/s1. The van der Waals surface area contributed by atoms with Gasteiger partial charge in [-0.05, 0) is 37.9 Å². The molecule has 2 saturated heterocycles. The molecule has 5 heteroatoms. The van der Waals surface area contributed by atoms with Crippen molar-refractivity contribution < 1.29 is 13.9 Å². The van der Waals surface area contributed by atoms with Gasteiger partial charge in [-0.25, -0.2) is 0 Å². The lowest BCUT2D eigenvalue weighted by Gasteiger charge is -2.39. The molecule has 0 aliphatic carbocycles. The van der Waals surface area contributed by atoms with E-state index in [1.54, 1.807) is 25.3 Å². The second kappa shape index (κ2) is 5.81. The fourth-order valence-electron chi connectivity index (χ4n) is 3.59. The van der Waals surface area contributed by atoms with E-state index in [-0.39, 0.29) is 17.4 Å². The van der Waals surface area contributed by atoms with Crippen LogP contribution in [0.3, 0.4) is 0 Å². The van der Waals surface area contributed by atoms with E-state index in [1.807, 2.05) is 12.1 Å². The molecule has 1 aromatic rings. The quantitative estimate of drug-likeness (QED) is 0.851. The van der Waals surface area contributed by atoms with Crippen LogP contribution in [0, 0.1) is 5.41 Å². The number of nitrogens with zero attached hydrogens (tertiary/aromatic N) is 2. The zero-order valence-corrected chi connectivity index (χ0v) is 12.9. The van der Waals surface area contributed by atoms with Crippen LogP contribution in [0.1, 0.15) is 25.0 Å². The minimum atomic E-state index is -0.261. The molecule has 5 nitrogen and oxygen atoms in total. The second-order valence-corrected chi connectivity index (χ2v) is 6.63. The Morgan fingerprint density at radius 2 is 2.38 bits per heavy atom. The number of furan rings is 1. The van der Waals surface area contributed by atoms with Crippen molar-refractivity contribution in [3.8, 4) is 0 Å². The molecule has 0 N–H and O–H groups in total. The van der Waals surface area contributed by atoms with Crippen LogP contribution in [0.5, 0.6) is 0 Å². The Labute approximate surface area is 125 Å². The van der Waals surface area contributed by atoms with E-state index in [2.05, 4.69) is 4.90 Å². The Morgan fingerprint density at radius 1 is 1.52 bits per heavy atom. The summed E-state index contributed by atoms with van der Waals surface area (Å²) in [5, 5.41) is 0. The van der Waals surface area contributed by atoms with Gasteiger partial charge in [-0.1, -0.05) is 0 Å². The number of carbonyl (C=O) groups is 1. The largest absolute Gasteiger partial charge is 0.468 e. The highest BCUT2D eigenvalue weighted by atomic mass is 16.5. The van der Waals surface area contributed by atoms with Gasteiger partial charge in [0, 0.05) is 26.1 Å². The number of carbonyl (C=O) groups excluding carboxylic acids is 1. The Kier molecular flexibility index (Phi) is 4.04. The Balaban J connectivity index is 1.62. The van der Waals surface area contributed by atoms with Gasteiger partial charge in [0.15, 0.2) is 0 Å². The first-order valence-electron chi connectivity index (χ1n) is 7.66. The molecule has 2 atom stereocenters. The highest BCUT2D eigenvalue weighted by Crippen LogP contribution is 2.41. The summed E-state index contributed by atoms with van der Waals surface area (Å²) in [5.74, 6) is 1.10. The first-order valence-corrected chi connectivity index (χ1v) is 7.66. The molecule has 116 valence electrons. The zero-order valence-electron chi connectivity index (χ0n) is 12.9. The number of hydrogen-bond donors (Lipinski definition) is 0. The van der Waals surface area contributed by atoms with E-state index in [4.69, 9.17) is 9.15 Å². The van der Waals surface area contributed by atoms with E-state index in [9.17, 15) is 4.79 Å². The van der Waals surface area contributed by atoms with Crippen molar-refractivity contribution >= 4 is 5.91 Å². The fraction of sp³-hybridized carbons (Fsp3) is 0.688. The number of likely N-dealkylation sites (N-methyl/N-ethyl adjacent to an activating group) is 1. The maximum absolute atomic E-state index is 12.1. The first-order chi connectivity index (χ1) is 10.1. The van der Waals surface area contributed by atoms with Gasteiger partial charge in [0.2, 0.25) is 0 Å². The van der Waals surface area contributed by atoms with Crippen molar-refractivity contribution in [1.29, 1.82) is 0 Å². The van der Waals surface area contributed by atoms with Gasteiger partial charge in [-0.15, -0.1) is 0 Å². The maximum Gasteiger partial charge on any atom is 0.251 e. The number of hydrogen-bond acceptors (Lipinski definition) is 4. The molecule has 2 fully saturated rings. The van der Waals surface area contributed by atoms with Crippen LogP contribution in [-0.4, -0.2) is 55.6 Å². The Morgan fingerprint density at radius 3 is 3.10 bits per heavy atom. The van der Waals surface area contributed by atoms with Crippen molar-refractivity contribution in [2.75, 3.05) is 33.8 Å². The third kappa shape index (κ3) is 3.14. The molecular weight excluding hydrogens is 268 g/mol. The first kappa shape index (κ1) is 14.6. The maximum atomic E-state index is 12.1.